The first-order valence-corrected chi connectivity index (χ1v) is 12.7. The number of rotatable bonds is 7. The molecular weight excluding hydrogens is 288 g/mol. The normalized spacial score (nSPS) is 13.0. The minimum absolute atomic E-state index is 0.0588. The smallest absolute Gasteiger partial charge is 0.224 e. The third-order valence-corrected chi connectivity index (χ3v) is 12.2. The molecular formula is C18H33OSi2. The van der Waals surface area contributed by atoms with E-state index in [1.54, 1.807) is 10.4 Å². The molecule has 1 radical (unpaired) electrons. The van der Waals surface area contributed by atoms with Crippen molar-refractivity contribution in [2.24, 2.45) is 0 Å². The summed E-state index contributed by atoms with van der Waals surface area (Å²) < 4.78 is 6.74. The molecule has 0 unspecified atom stereocenters. The summed E-state index contributed by atoms with van der Waals surface area (Å²) in [5, 5.41) is 3.23. The third kappa shape index (κ3) is 4.54. The molecule has 0 saturated carbocycles. The summed E-state index contributed by atoms with van der Waals surface area (Å²) in [7, 11) is -2.30. The standard InChI is InChI=1S/C18H33OSi2/c1-8-20(9-2)16-14-12-13-15-17(16)21(10-3,11-4)19-18(5,6)7/h12-15H,8-11H2,1-7H3. The van der Waals surface area contributed by atoms with E-state index >= 15 is 0 Å². The van der Waals surface area contributed by atoms with Crippen LogP contribution in [0.25, 0.3) is 0 Å². The van der Waals surface area contributed by atoms with Crippen LogP contribution in [0.4, 0.5) is 0 Å². The van der Waals surface area contributed by atoms with Gasteiger partial charge in [0.2, 0.25) is 8.32 Å². The van der Waals surface area contributed by atoms with Gasteiger partial charge in [-0.1, -0.05) is 69.2 Å². The zero-order chi connectivity index (χ0) is 16.1. The average molecular weight is 322 g/mol. The van der Waals surface area contributed by atoms with Crippen LogP contribution < -0.4 is 10.4 Å². The minimum atomic E-state index is -1.87. The molecule has 0 N–H and O–H groups in total. The summed E-state index contributed by atoms with van der Waals surface area (Å²) in [6.45, 7) is 15.9. The van der Waals surface area contributed by atoms with E-state index < -0.39 is 17.1 Å². The van der Waals surface area contributed by atoms with Crippen molar-refractivity contribution in [3.05, 3.63) is 24.3 Å². The number of benzene rings is 1. The molecule has 0 amide bonds. The lowest BCUT2D eigenvalue weighted by Gasteiger charge is -2.39. The van der Waals surface area contributed by atoms with Crippen molar-refractivity contribution in [2.45, 2.75) is 78.2 Å². The second kappa shape index (κ2) is 7.75. The van der Waals surface area contributed by atoms with Crippen LogP contribution in [0.5, 0.6) is 0 Å². The Kier molecular flexibility index (Phi) is 6.89. The Hall–Kier alpha value is -0.386. The summed E-state index contributed by atoms with van der Waals surface area (Å²) in [6, 6.07) is 14.1. The molecule has 0 saturated heterocycles. The Morgan fingerprint density at radius 3 is 1.90 bits per heavy atom. The maximum Gasteiger partial charge on any atom is 0.224 e. The Labute approximate surface area is 134 Å². The fraction of sp³-hybridized carbons (Fsp3) is 0.667. The topological polar surface area (TPSA) is 9.23 Å². The second-order valence-electron chi connectivity index (χ2n) is 6.77. The summed E-state index contributed by atoms with van der Waals surface area (Å²) in [5.74, 6) is 0. The highest BCUT2D eigenvalue weighted by Gasteiger charge is 2.39. The molecule has 0 aromatic heterocycles. The lowest BCUT2D eigenvalue weighted by molar-refractivity contribution is 0.121. The molecule has 3 heteroatoms. The summed E-state index contributed by atoms with van der Waals surface area (Å²) in [6.07, 6.45) is 0. The van der Waals surface area contributed by atoms with Gasteiger partial charge in [0, 0.05) is 5.60 Å². The van der Waals surface area contributed by atoms with Gasteiger partial charge in [-0.25, -0.2) is 0 Å². The van der Waals surface area contributed by atoms with Gasteiger partial charge in [0.25, 0.3) is 0 Å². The van der Waals surface area contributed by atoms with Crippen LogP contribution >= 0.6 is 0 Å². The second-order valence-corrected chi connectivity index (χ2v) is 14.1. The molecule has 0 heterocycles. The van der Waals surface area contributed by atoms with Crippen LogP contribution in [0.2, 0.25) is 24.2 Å². The molecule has 0 fully saturated rings. The van der Waals surface area contributed by atoms with E-state index in [4.69, 9.17) is 4.43 Å². The lowest BCUT2D eigenvalue weighted by Crippen LogP contribution is -2.61. The Morgan fingerprint density at radius 1 is 0.952 bits per heavy atom. The van der Waals surface area contributed by atoms with Gasteiger partial charge in [0.1, 0.15) is 0 Å². The Balaban J connectivity index is 3.38. The molecule has 0 aliphatic heterocycles. The molecule has 0 atom stereocenters. The van der Waals surface area contributed by atoms with E-state index in [1.807, 2.05) is 0 Å². The number of hydrogen-bond donors (Lipinski definition) is 0. The summed E-state index contributed by atoms with van der Waals surface area (Å²) >= 11 is 0. The van der Waals surface area contributed by atoms with Gasteiger partial charge in [-0.05, 0) is 38.0 Å². The van der Waals surface area contributed by atoms with Crippen molar-refractivity contribution in [3.63, 3.8) is 0 Å². The lowest BCUT2D eigenvalue weighted by atomic mass is 10.2. The maximum absolute atomic E-state index is 6.74. The maximum atomic E-state index is 6.74. The molecule has 0 bridgehead atoms. The predicted molar refractivity (Wildman–Crippen MR) is 100.0 cm³/mol. The largest absolute Gasteiger partial charge is 0.408 e. The van der Waals surface area contributed by atoms with Crippen molar-refractivity contribution in [1.29, 1.82) is 0 Å². The molecule has 21 heavy (non-hydrogen) atoms. The van der Waals surface area contributed by atoms with Crippen LogP contribution in [0.15, 0.2) is 24.3 Å². The van der Waals surface area contributed by atoms with Crippen LogP contribution in [0.3, 0.4) is 0 Å². The third-order valence-electron chi connectivity index (χ3n) is 4.30. The van der Waals surface area contributed by atoms with Crippen LogP contribution in [0.1, 0.15) is 48.5 Å². The predicted octanol–water partition coefficient (Wildman–Crippen LogP) is 4.44. The van der Waals surface area contributed by atoms with Crippen LogP contribution in [0, 0.1) is 0 Å². The van der Waals surface area contributed by atoms with Crippen molar-refractivity contribution >= 4 is 27.5 Å². The minimum Gasteiger partial charge on any atom is -0.408 e. The SMILES string of the molecule is CC[Si](CC)c1ccccc1[Si](CC)(CC)OC(C)(C)C. The van der Waals surface area contributed by atoms with Crippen molar-refractivity contribution in [2.75, 3.05) is 0 Å². The highest BCUT2D eigenvalue weighted by Crippen LogP contribution is 2.24. The molecule has 119 valence electrons. The van der Waals surface area contributed by atoms with Gasteiger partial charge in [-0.3, -0.25) is 0 Å². The molecule has 1 aromatic carbocycles. The van der Waals surface area contributed by atoms with Gasteiger partial charge < -0.3 is 4.43 Å². The first-order valence-electron chi connectivity index (χ1n) is 8.48. The molecule has 0 aliphatic rings. The quantitative estimate of drug-likeness (QED) is 0.675. The van der Waals surface area contributed by atoms with E-state index in [0.717, 1.165) is 0 Å². The van der Waals surface area contributed by atoms with E-state index in [2.05, 4.69) is 72.7 Å². The molecule has 0 aliphatic carbocycles. The van der Waals surface area contributed by atoms with E-state index in [0.29, 0.717) is 0 Å². The van der Waals surface area contributed by atoms with Gasteiger partial charge >= 0.3 is 0 Å². The highest BCUT2D eigenvalue weighted by molar-refractivity contribution is 6.92. The van der Waals surface area contributed by atoms with Crippen LogP contribution in [-0.2, 0) is 4.43 Å². The first kappa shape index (κ1) is 18.7. The Morgan fingerprint density at radius 2 is 1.48 bits per heavy atom. The fourth-order valence-corrected chi connectivity index (χ4v) is 10.3. The number of hydrogen-bond acceptors (Lipinski definition) is 1. The van der Waals surface area contributed by atoms with Gasteiger partial charge in [0.15, 0.2) is 0 Å². The molecule has 1 rings (SSSR count). The van der Waals surface area contributed by atoms with E-state index in [1.165, 1.54) is 24.2 Å². The van der Waals surface area contributed by atoms with Crippen molar-refractivity contribution in [1.82, 2.24) is 0 Å². The molecule has 0 spiro atoms. The molecule has 1 nitrogen and oxygen atoms in total. The van der Waals surface area contributed by atoms with Gasteiger partial charge in [-0.15, -0.1) is 0 Å². The summed E-state index contributed by atoms with van der Waals surface area (Å²) in [5.41, 5.74) is -0.0588. The van der Waals surface area contributed by atoms with Gasteiger partial charge in [0.05, 0.1) is 8.80 Å². The Bertz CT molecular complexity index is 429. The molecule has 1 aromatic rings. The fourth-order valence-electron chi connectivity index (χ4n) is 3.24. The summed E-state index contributed by atoms with van der Waals surface area (Å²) in [4.78, 5) is 0. The average Bonchev–Trinajstić information content (AvgIpc) is 2.46. The van der Waals surface area contributed by atoms with Crippen LogP contribution in [-0.4, -0.2) is 22.7 Å². The zero-order valence-electron chi connectivity index (χ0n) is 15.0. The highest BCUT2D eigenvalue weighted by atomic mass is 28.4. The first-order chi connectivity index (χ1) is 9.83. The van der Waals surface area contributed by atoms with Crippen molar-refractivity contribution in [3.8, 4) is 0 Å². The van der Waals surface area contributed by atoms with E-state index in [9.17, 15) is 0 Å². The monoisotopic (exact) mass is 321 g/mol. The zero-order valence-corrected chi connectivity index (χ0v) is 17.0. The van der Waals surface area contributed by atoms with Crippen molar-refractivity contribution < 1.29 is 4.43 Å². The van der Waals surface area contributed by atoms with Gasteiger partial charge in [-0.2, -0.15) is 0 Å². The van der Waals surface area contributed by atoms with E-state index in [-0.39, 0.29) is 5.60 Å².